The van der Waals surface area contributed by atoms with Gasteiger partial charge in [0, 0.05) is 12.5 Å². The van der Waals surface area contributed by atoms with E-state index >= 15 is 0 Å². The lowest BCUT2D eigenvalue weighted by atomic mass is 10.1. The zero-order chi connectivity index (χ0) is 15.9. The van der Waals surface area contributed by atoms with E-state index in [1.54, 1.807) is 25.3 Å². The maximum atomic E-state index is 12.0. The number of amides is 1. The molecule has 23 heavy (non-hydrogen) atoms. The zero-order valence-electron chi connectivity index (χ0n) is 13.5. The lowest BCUT2D eigenvalue weighted by Gasteiger charge is -2.10. The molecular formula is C18H23ClN2O2. The van der Waals surface area contributed by atoms with E-state index in [4.69, 9.17) is 10.5 Å². The second kappa shape index (κ2) is 9.06. The second-order valence-corrected chi connectivity index (χ2v) is 5.34. The van der Waals surface area contributed by atoms with Crippen LogP contribution < -0.4 is 15.8 Å². The molecule has 0 unspecified atom stereocenters. The number of rotatable bonds is 6. The van der Waals surface area contributed by atoms with Crippen LogP contribution in [0.3, 0.4) is 0 Å². The van der Waals surface area contributed by atoms with E-state index in [2.05, 4.69) is 36.5 Å². The van der Waals surface area contributed by atoms with Gasteiger partial charge in [-0.2, -0.15) is 0 Å². The van der Waals surface area contributed by atoms with Gasteiger partial charge in [-0.05, 0) is 37.5 Å². The minimum atomic E-state index is -0.0351. The van der Waals surface area contributed by atoms with Crippen LogP contribution in [0.1, 0.15) is 24.0 Å². The lowest BCUT2D eigenvalue weighted by molar-refractivity contribution is -0.116. The van der Waals surface area contributed by atoms with E-state index in [1.165, 1.54) is 11.1 Å². The maximum Gasteiger partial charge on any atom is 0.224 e. The van der Waals surface area contributed by atoms with Crippen LogP contribution in [-0.2, 0) is 11.2 Å². The highest BCUT2D eigenvalue weighted by molar-refractivity contribution is 5.94. The summed E-state index contributed by atoms with van der Waals surface area (Å²) in [4.78, 5) is 12.0. The summed E-state index contributed by atoms with van der Waals surface area (Å²) < 4.78 is 5.13. The summed E-state index contributed by atoms with van der Waals surface area (Å²) in [6.45, 7) is 2.07. The number of ether oxygens (including phenoxy) is 1. The molecule has 1 amide bonds. The number of carbonyl (C=O) groups is 1. The van der Waals surface area contributed by atoms with Crippen LogP contribution >= 0.6 is 12.4 Å². The fourth-order valence-corrected chi connectivity index (χ4v) is 2.19. The van der Waals surface area contributed by atoms with Gasteiger partial charge in [0.1, 0.15) is 5.75 Å². The number of nitrogen functional groups attached to an aromatic ring is 1. The third kappa shape index (κ3) is 5.83. The highest BCUT2D eigenvalue weighted by Gasteiger charge is 2.07. The number of benzene rings is 2. The molecule has 0 aliphatic carbocycles. The number of methoxy groups -OCH3 is 1. The van der Waals surface area contributed by atoms with Crippen molar-refractivity contribution in [3.8, 4) is 5.75 Å². The van der Waals surface area contributed by atoms with Gasteiger partial charge in [-0.3, -0.25) is 4.79 Å². The summed E-state index contributed by atoms with van der Waals surface area (Å²) in [5, 5.41) is 2.84. The first-order valence-corrected chi connectivity index (χ1v) is 7.37. The third-order valence-corrected chi connectivity index (χ3v) is 3.52. The number of nitrogens with one attached hydrogen (secondary N) is 1. The predicted molar refractivity (Wildman–Crippen MR) is 97.4 cm³/mol. The van der Waals surface area contributed by atoms with Crippen molar-refractivity contribution in [2.75, 3.05) is 18.2 Å². The summed E-state index contributed by atoms with van der Waals surface area (Å²) in [5.41, 5.74) is 9.48. The molecule has 0 aliphatic rings. The van der Waals surface area contributed by atoms with Crippen molar-refractivity contribution in [2.24, 2.45) is 0 Å². The number of carbonyl (C=O) groups excluding carboxylic acids is 1. The van der Waals surface area contributed by atoms with Crippen LogP contribution in [0.25, 0.3) is 0 Å². The molecule has 0 radical (unpaired) electrons. The Bertz CT molecular complexity index is 642. The molecule has 0 fully saturated rings. The average Bonchev–Trinajstić information content (AvgIpc) is 2.51. The smallest absolute Gasteiger partial charge is 0.224 e. The van der Waals surface area contributed by atoms with Crippen LogP contribution in [0.15, 0.2) is 42.5 Å². The topological polar surface area (TPSA) is 64.3 Å². The van der Waals surface area contributed by atoms with Crippen molar-refractivity contribution < 1.29 is 9.53 Å². The van der Waals surface area contributed by atoms with Crippen molar-refractivity contribution in [3.05, 3.63) is 53.6 Å². The van der Waals surface area contributed by atoms with Gasteiger partial charge in [0.15, 0.2) is 0 Å². The minimum Gasteiger partial charge on any atom is -0.497 e. The molecule has 2 aromatic rings. The van der Waals surface area contributed by atoms with Crippen LogP contribution in [0, 0.1) is 6.92 Å². The SMILES string of the molecule is COc1ccc(N)c(NC(=O)CCCc2ccc(C)cc2)c1.Cl. The van der Waals surface area contributed by atoms with E-state index < -0.39 is 0 Å². The highest BCUT2D eigenvalue weighted by Crippen LogP contribution is 2.24. The average molecular weight is 335 g/mol. The Balaban J connectivity index is 0.00000264. The Morgan fingerprint density at radius 1 is 1.17 bits per heavy atom. The molecule has 0 heterocycles. The van der Waals surface area contributed by atoms with Crippen molar-refractivity contribution in [2.45, 2.75) is 26.2 Å². The van der Waals surface area contributed by atoms with Crippen molar-refractivity contribution in [3.63, 3.8) is 0 Å². The Morgan fingerprint density at radius 2 is 1.87 bits per heavy atom. The first-order chi connectivity index (χ1) is 10.6. The van der Waals surface area contributed by atoms with Gasteiger partial charge >= 0.3 is 0 Å². The largest absolute Gasteiger partial charge is 0.497 e. The van der Waals surface area contributed by atoms with Gasteiger partial charge in [-0.25, -0.2) is 0 Å². The van der Waals surface area contributed by atoms with Crippen molar-refractivity contribution in [1.82, 2.24) is 0 Å². The number of hydrogen-bond donors (Lipinski definition) is 2. The first-order valence-electron chi connectivity index (χ1n) is 7.37. The van der Waals surface area contributed by atoms with E-state index in [0.29, 0.717) is 23.5 Å². The molecule has 4 nitrogen and oxygen atoms in total. The second-order valence-electron chi connectivity index (χ2n) is 5.34. The fraction of sp³-hybridized carbons (Fsp3) is 0.278. The Kier molecular flexibility index (Phi) is 7.42. The Hall–Kier alpha value is -2.20. The van der Waals surface area contributed by atoms with E-state index in [-0.39, 0.29) is 18.3 Å². The van der Waals surface area contributed by atoms with E-state index in [9.17, 15) is 4.79 Å². The van der Waals surface area contributed by atoms with Crippen LogP contribution in [0.5, 0.6) is 5.75 Å². The number of halogens is 1. The Morgan fingerprint density at radius 3 is 2.52 bits per heavy atom. The molecule has 0 spiro atoms. The predicted octanol–water partition coefficient (Wildman–Crippen LogP) is 3.97. The fourth-order valence-electron chi connectivity index (χ4n) is 2.19. The van der Waals surface area contributed by atoms with Gasteiger partial charge in [0.25, 0.3) is 0 Å². The van der Waals surface area contributed by atoms with Gasteiger partial charge < -0.3 is 15.8 Å². The zero-order valence-corrected chi connectivity index (χ0v) is 14.3. The summed E-state index contributed by atoms with van der Waals surface area (Å²) in [5.74, 6) is 0.635. The van der Waals surface area contributed by atoms with Gasteiger partial charge in [0.2, 0.25) is 5.91 Å². The normalized spacial score (nSPS) is 9.83. The van der Waals surface area contributed by atoms with Gasteiger partial charge in [-0.15, -0.1) is 12.4 Å². The summed E-state index contributed by atoms with van der Waals surface area (Å²) in [7, 11) is 1.58. The van der Waals surface area contributed by atoms with Gasteiger partial charge in [0.05, 0.1) is 18.5 Å². The van der Waals surface area contributed by atoms with Crippen molar-refractivity contribution >= 4 is 29.7 Å². The van der Waals surface area contributed by atoms with Gasteiger partial charge in [-0.1, -0.05) is 29.8 Å². The van der Waals surface area contributed by atoms with E-state index in [0.717, 1.165) is 12.8 Å². The molecule has 0 aliphatic heterocycles. The number of nitrogens with two attached hydrogens (primary N) is 1. The first kappa shape index (κ1) is 18.8. The number of anilines is 2. The molecule has 3 N–H and O–H groups in total. The number of aryl methyl sites for hydroxylation is 2. The molecule has 0 atom stereocenters. The maximum absolute atomic E-state index is 12.0. The molecule has 2 rings (SSSR count). The minimum absolute atomic E-state index is 0. The molecule has 5 heteroatoms. The summed E-state index contributed by atoms with van der Waals surface area (Å²) in [6, 6.07) is 13.6. The molecule has 0 aromatic heterocycles. The lowest BCUT2D eigenvalue weighted by Crippen LogP contribution is -2.13. The van der Waals surface area contributed by atoms with E-state index in [1.807, 2.05) is 0 Å². The summed E-state index contributed by atoms with van der Waals surface area (Å²) in [6.07, 6.45) is 2.16. The molecule has 0 bridgehead atoms. The standard InChI is InChI=1S/C18H22N2O2.ClH/c1-13-6-8-14(9-7-13)4-3-5-18(21)20-17-12-15(22-2)10-11-16(17)19;/h6-12H,3-5,19H2,1-2H3,(H,20,21);1H. The third-order valence-electron chi connectivity index (χ3n) is 3.52. The molecule has 0 saturated carbocycles. The molecule has 124 valence electrons. The molecular weight excluding hydrogens is 312 g/mol. The van der Waals surface area contributed by atoms with Crippen LogP contribution in [0.4, 0.5) is 11.4 Å². The van der Waals surface area contributed by atoms with Crippen LogP contribution in [-0.4, -0.2) is 13.0 Å². The number of hydrogen-bond acceptors (Lipinski definition) is 3. The quantitative estimate of drug-likeness (QED) is 0.786. The Labute approximate surface area is 143 Å². The summed E-state index contributed by atoms with van der Waals surface area (Å²) >= 11 is 0. The molecule has 2 aromatic carbocycles. The monoisotopic (exact) mass is 334 g/mol. The van der Waals surface area contributed by atoms with Crippen LogP contribution in [0.2, 0.25) is 0 Å². The highest BCUT2D eigenvalue weighted by atomic mass is 35.5. The van der Waals surface area contributed by atoms with Crippen molar-refractivity contribution in [1.29, 1.82) is 0 Å². The molecule has 0 saturated heterocycles.